The number of fused-ring (bicyclic) bond motifs is 1. The number of anilines is 1. The molecule has 5 heteroatoms. The summed E-state index contributed by atoms with van der Waals surface area (Å²) >= 11 is 0. The zero-order valence-corrected chi connectivity index (χ0v) is 11.5. The fourth-order valence-electron chi connectivity index (χ4n) is 2.30. The van der Waals surface area contributed by atoms with Gasteiger partial charge in [0.2, 0.25) is 0 Å². The van der Waals surface area contributed by atoms with Gasteiger partial charge in [-0.15, -0.1) is 0 Å². The van der Waals surface area contributed by atoms with E-state index in [1.807, 2.05) is 25.1 Å². The van der Waals surface area contributed by atoms with E-state index in [9.17, 15) is 8.78 Å². The Bertz CT molecular complexity index is 640. The van der Waals surface area contributed by atoms with Crippen molar-refractivity contribution in [3.05, 3.63) is 53.6 Å². The molecule has 1 atom stereocenters. The largest absolute Gasteiger partial charge is 0.486 e. The SMILES string of the molecule is CC(Nc1cc(F)cc(F)c1)c1ccc2c(c1)OCCO2. The topological polar surface area (TPSA) is 30.5 Å². The van der Waals surface area contributed by atoms with Crippen LogP contribution in [-0.2, 0) is 0 Å². The molecule has 1 unspecified atom stereocenters. The molecule has 0 spiro atoms. The number of halogens is 2. The highest BCUT2D eigenvalue weighted by molar-refractivity contribution is 5.49. The fourth-order valence-corrected chi connectivity index (χ4v) is 2.30. The molecule has 1 heterocycles. The summed E-state index contributed by atoms with van der Waals surface area (Å²) in [5.74, 6) is 0.200. The first-order valence-corrected chi connectivity index (χ1v) is 6.74. The molecule has 2 aromatic rings. The quantitative estimate of drug-likeness (QED) is 0.930. The summed E-state index contributed by atoms with van der Waals surface area (Å²) in [6.45, 7) is 2.98. The monoisotopic (exact) mass is 291 g/mol. The van der Waals surface area contributed by atoms with Gasteiger partial charge in [-0.1, -0.05) is 6.07 Å². The van der Waals surface area contributed by atoms with Crippen LogP contribution in [0.15, 0.2) is 36.4 Å². The Balaban J connectivity index is 1.80. The molecule has 0 aliphatic carbocycles. The van der Waals surface area contributed by atoms with E-state index in [-0.39, 0.29) is 6.04 Å². The van der Waals surface area contributed by atoms with Gasteiger partial charge in [0, 0.05) is 17.8 Å². The van der Waals surface area contributed by atoms with Gasteiger partial charge in [-0.2, -0.15) is 0 Å². The van der Waals surface area contributed by atoms with Crippen molar-refractivity contribution >= 4 is 5.69 Å². The van der Waals surface area contributed by atoms with Crippen molar-refractivity contribution in [3.8, 4) is 11.5 Å². The van der Waals surface area contributed by atoms with Crippen LogP contribution in [0.3, 0.4) is 0 Å². The molecule has 0 bridgehead atoms. The molecule has 0 amide bonds. The second kappa shape index (κ2) is 5.60. The van der Waals surface area contributed by atoms with Gasteiger partial charge < -0.3 is 14.8 Å². The van der Waals surface area contributed by atoms with E-state index in [1.54, 1.807) is 0 Å². The van der Waals surface area contributed by atoms with Crippen LogP contribution in [0.2, 0.25) is 0 Å². The first kappa shape index (κ1) is 13.7. The Labute approximate surface area is 121 Å². The normalized spacial score (nSPS) is 14.6. The summed E-state index contributed by atoms with van der Waals surface area (Å²) in [5, 5.41) is 3.07. The van der Waals surface area contributed by atoms with Gasteiger partial charge in [-0.3, -0.25) is 0 Å². The number of benzene rings is 2. The molecule has 21 heavy (non-hydrogen) atoms. The second-order valence-corrected chi connectivity index (χ2v) is 4.93. The minimum absolute atomic E-state index is 0.123. The molecule has 1 N–H and O–H groups in total. The Kier molecular flexibility index (Phi) is 3.64. The lowest BCUT2D eigenvalue weighted by Crippen LogP contribution is -2.16. The van der Waals surface area contributed by atoms with Crippen LogP contribution in [0.1, 0.15) is 18.5 Å². The van der Waals surface area contributed by atoms with E-state index in [0.717, 1.165) is 11.6 Å². The number of nitrogens with one attached hydrogen (secondary N) is 1. The lowest BCUT2D eigenvalue weighted by atomic mass is 10.1. The predicted molar refractivity (Wildman–Crippen MR) is 75.8 cm³/mol. The first-order chi connectivity index (χ1) is 10.1. The van der Waals surface area contributed by atoms with Crippen molar-refractivity contribution in [2.45, 2.75) is 13.0 Å². The number of ether oxygens (including phenoxy) is 2. The van der Waals surface area contributed by atoms with E-state index in [4.69, 9.17) is 9.47 Å². The van der Waals surface area contributed by atoms with Crippen LogP contribution in [-0.4, -0.2) is 13.2 Å². The summed E-state index contributed by atoms with van der Waals surface area (Å²) < 4.78 is 37.4. The molecule has 2 aromatic carbocycles. The highest BCUT2D eigenvalue weighted by atomic mass is 19.1. The average Bonchev–Trinajstić information content (AvgIpc) is 2.45. The summed E-state index contributed by atoms with van der Waals surface area (Å²) in [4.78, 5) is 0. The van der Waals surface area contributed by atoms with Gasteiger partial charge in [0.25, 0.3) is 0 Å². The smallest absolute Gasteiger partial charge is 0.161 e. The molecule has 1 aliphatic rings. The molecule has 1 aliphatic heterocycles. The highest BCUT2D eigenvalue weighted by Crippen LogP contribution is 2.33. The van der Waals surface area contributed by atoms with Crippen LogP contribution in [0.25, 0.3) is 0 Å². The molecule has 0 aromatic heterocycles. The minimum Gasteiger partial charge on any atom is -0.486 e. The van der Waals surface area contributed by atoms with Crippen LogP contribution in [0.4, 0.5) is 14.5 Å². The Morgan fingerprint density at radius 2 is 1.62 bits per heavy atom. The molecule has 0 saturated carbocycles. The van der Waals surface area contributed by atoms with E-state index >= 15 is 0 Å². The van der Waals surface area contributed by atoms with Gasteiger partial charge in [-0.05, 0) is 36.8 Å². The van der Waals surface area contributed by atoms with Crippen molar-refractivity contribution in [2.24, 2.45) is 0 Å². The molecular weight excluding hydrogens is 276 g/mol. The minimum atomic E-state index is -0.605. The zero-order chi connectivity index (χ0) is 14.8. The van der Waals surface area contributed by atoms with Crippen molar-refractivity contribution in [1.29, 1.82) is 0 Å². The van der Waals surface area contributed by atoms with Crippen LogP contribution < -0.4 is 14.8 Å². The second-order valence-electron chi connectivity index (χ2n) is 4.93. The molecule has 110 valence electrons. The van der Waals surface area contributed by atoms with Gasteiger partial charge in [0.05, 0.1) is 0 Å². The number of hydrogen-bond acceptors (Lipinski definition) is 3. The van der Waals surface area contributed by atoms with Gasteiger partial charge in [0.15, 0.2) is 11.5 Å². The summed E-state index contributed by atoms with van der Waals surface area (Å²) in [7, 11) is 0. The van der Waals surface area contributed by atoms with Crippen molar-refractivity contribution in [2.75, 3.05) is 18.5 Å². The molecule has 0 fully saturated rings. The third kappa shape index (κ3) is 3.07. The van der Waals surface area contributed by atoms with Crippen molar-refractivity contribution < 1.29 is 18.3 Å². The van der Waals surface area contributed by atoms with Gasteiger partial charge in [0.1, 0.15) is 24.8 Å². The molecule has 3 rings (SSSR count). The number of hydrogen-bond donors (Lipinski definition) is 1. The van der Waals surface area contributed by atoms with E-state index < -0.39 is 11.6 Å². The molecular formula is C16H15F2NO2. The Morgan fingerprint density at radius 3 is 2.33 bits per heavy atom. The van der Waals surface area contributed by atoms with E-state index in [2.05, 4.69) is 5.32 Å². The fraction of sp³-hybridized carbons (Fsp3) is 0.250. The maximum Gasteiger partial charge on any atom is 0.161 e. The lowest BCUT2D eigenvalue weighted by Gasteiger charge is -2.21. The predicted octanol–water partition coefficient (Wildman–Crippen LogP) is 3.91. The van der Waals surface area contributed by atoms with Crippen molar-refractivity contribution in [3.63, 3.8) is 0 Å². The summed E-state index contributed by atoms with van der Waals surface area (Å²) in [5.41, 5.74) is 1.35. The zero-order valence-electron chi connectivity index (χ0n) is 11.5. The van der Waals surface area contributed by atoms with Crippen LogP contribution >= 0.6 is 0 Å². The maximum atomic E-state index is 13.2. The van der Waals surface area contributed by atoms with E-state index in [1.165, 1.54) is 12.1 Å². The summed E-state index contributed by atoms with van der Waals surface area (Å²) in [6, 6.07) is 8.87. The standard InChI is InChI=1S/C16H15F2NO2/c1-10(19-14-8-12(17)7-13(18)9-14)11-2-3-15-16(6-11)21-5-4-20-15/h2-3,6-10,19H,4-5H2,1H3. The third-order valence-corrected chi connectivity index (χ3v) is 3.31. The van der Waals surface area contributed by atoms with Crippen LogP contribution in [0, 0.1) is 11.6 Å². The molecule has 0 radical (unpaired) electrons. The third-order valence-electron chi connectivity index (χ3n) is 3.31. The summed E-state index contributed by atoms with van der Waals surface area (Å²) in [6.07, 6.45) is 0. The average molecular weight is 291 g/mol. The van der Waals surface area contributed by atoms with Crippen molar-refractivity contribution in [1.82, 2.24) is 0 Å². The maximum absolute atomic E-state index is 13.2. The first-order valence-electron chi connectivity index (χ1n) is 6.74. The Hall–Kier alpha value is -2.30. The highest BCUT2D eigenvalue weighted by Gasteiger charge is 2.14. The Morgan fingerprint density at radius 1 is 0.952 bits per heavy atom. The van der Waals surface area contributed by atoms with Gasteiger partial charge in [-0.25, -0.2) is 8.78 Å². The van der Waals surface area contributed by atoms with E-state index in [0.29, 0.717) is 30.4 Å². The van der Waals surface area contributed by atoms with Gasteiger partial charge >= 0.3 is 0 Å². The van der Waals surface area contributed by atoms with Crippen LogP contribution in [0.5, 0.6) is 11.5 Å². The molecule has 3 nitrogen and oxygen atoms in total. The molecule has 0 saturated heterocycles. The lowest BCUT2D eigenvalue weighted by molar-refractivity contribution is 0.171. The number of rotatable bonds is 3.